The first-order chi connectivity index (χ1) is 25.0. The fraction of sp³-hybridized carbons (Fsp3) is 0.952. The molecule has 0 aromatic carbocycles. The van der Waals surface area contributed by atoms with Gasteiger partial charge in [-0.2, -0.15) is 0 Å². The molecule has 0 amide bonds. The van der Waals surface area contributed by atoms with Crippen LogP contribution in [0.1, 0.15) is 206 Å². The normalized spacial score (nSPS) is 13.6. The minimum Gasteiger partial charge on any atom is -0.462 e. The molecule has 52 heavy (non-hydrogen) atoms. The molecule has 0 bridgehead atoms. The predicted octanol–water partition coefficient (Wildman–Crippen LogP) is 12.0. The third-order valence-corrected chi connectivity index (χ3v) is 10.6. The molecule has 10 heteroatoms. The van der Waals surface area contributed by atoms with Gasteiger partial charge in [0.25, 0.3) is 0 Å². The summed E-state index contributed by atoms with van der Waals surface area (Å²) in [6, 6.07) is 0. The largest absolute Gasteiger partial charge is 0.472 e. The maximum Gasteiger partial charge on any atom is 0.472 e. The van der Waals surface area contributed by atoms with Gasteiger partial charge in [-0.15, -0.1) is 0 Å². The molecule has 0 saturated heterocycles. The molecule has 9 nitrogen and oxygen atoms in total. The van der Waals surface area contributed by atoms with Crippen molar-refractivity contribution in [2.75, 3.05) is 47.5 Å². The van der Waals surface area contributed by atoms with Crippen LogP contribution in [0.4, 0.5) is 0 Å². The second-order valence-electron chi connectivity index (χ2n) is 16.1. The van der Waals surface area contributed by atoms with Crippen LogP contribution >= 0.6 is 7.82 Å². The van der Waals surface area contributed by atoms with E-state index in [1.165, 1.54) is 141 Å². The van der Waals surface area contributed by atoms with Crippen molar-refractivity contribution in [3.8, 4) is 0 Å². The Kier molecular flexibility index (Phi) is 35.0. The molecule has 0 rings (SSSR count). The summed E-state index contributed by atoms with van der Waals surface area (Å²) >= 11 is 0. The quantitative estimate of drug-likeness (QED) is 0.0284. The molecule has 0 radical (unpaired) electrons. The number of phosphoric acid groups is 1. The van der Waals surface area contributed by atoms with Gasteiger partial charge in [-0.3, -0.25) is 18.6 Å². The summed E-state index contributed by atoms with van der Waals surface area (Å²) < 4.78 is 34.3. The van der Waals surface area contributed by atoms with Crippen molar-refractivity contribution < 1.29 is 42.1 Å². The van der Waals surface area contributed by atoms with Crippen LogP contribution in [-0.4, -0.2) is 74.9 Å². The fourth-order valence-corrected chi connectivity index (χ4v) is 6.93. The lowest BCUT2D eigenvalue weighted by atomic mass is 10.0. The van der Waals surface area contributed by atoms with Crippen LogP contribution in [0.2, 0.25) is 0 Å². The summed E-state index contributed by atoms with van der Waals surface area (Å²) in [6.07, 6.45) is 34.3. The third-order valence-electron chi connectivity index (χ3n) is 9.64. The maximum absolute atomic E-state index is 12.6. The number of quaternary nitrogens is 1. The zero-order valence-corrected chi connectivity index (χ0v) is 35.7. The standard InChI is InChI=1S/C42H84NO8P/c1-6-8-10-12-14-16-18-19-20-21-22-23-25-26-28-30-32-34-41(44)48-38-40(39-50-52(46,47)49-37-36-43(3,4)5)51-42(45)35-33-31-29-27-24-17-15-13-11-9-7-2/h40H,6-39H2,1-5H3/p+1/t40-/m1/s1. The van der Waals surface area contributed by atoms with Crippen LogP contribution in [0, 0.1) is 0 Å². The molecule has 0 fully saturated rings. The van der Waals surface area contributed by atoms with E-state index in [0.29, 0.717) is 23.9 Å². The summed E-state index contributed by atoms with van der Waals surface area (Å²) in [6.45, 7) is 4.44. The number of hydrogen-bond acceptors (Lipinski definition) is 7. The molecule has 2 atom stereocenters. The Labute approximate surface area is 321 Å². The van der Waals surface area contributed by atoms with Crippen molar-refractivity contribution in [1.29, 1.82) is 0 Å². The Morgan fingerprint density at radius 1 is 0.519 bits per heavy atom. The van der Waals surface area contributed by atoms with Gasteiger partial charge in [0.05, 0.1) is 27.7 Å². The number of esters is 2. The monoisotopic (exact) mass is 763 g/mol. The van der Waals surface area contributed by atoms with Crippen LogP contribution in [0.5, 0.6) is 0 Å². The van der Waals surface area contributed by atoms with Crippen molar-refractivity contribution in [2.45, 2.75) is 213 Å². The smallest absolute Gasteiger partial charge is 0.462 e. The highest BCUT2D eigenvalue weighted by Gasteiger charge is 2.27. The SMILES string of the molecule is CCCCCCCCCCCCCCCCCCCC(=O)OC[C@H](COP(=O)(O)OCC[N+](C)(C)C)OC(=O)CCCCCCCCCCCCC. The van der Waals surface area contributed by atoms with E-state index < -0.39 is 26.5 Å². The summed E-state index contributed by atoms with van der Waals surface area (Å²) in [5.41, 5.74) is 0. The average molecular weight is 763 g/mol. The molecule has 0 heterocycles. The van der Waals surface area contributed by atoms with Gasteiger partial charge < -0.3 is 18.9 Å². The summed E-state index contributed by atoms with van der Waals surface area (Å²) in [7, 11) is 1.49. The van der Waals surface area contributed by atoms with Gasteiger partial charge in [-0.05, 0) is 12.8 Å². The highest BCUT2D eigenvalue weighted by Crippen LogP contribution is 2.43. The summed E-state index contributed by atoms with van der Waals surface area (Å²) in [5.74, 6) is -0.786. The number of carbonyl (C=O) groups is 2. The molecule has 0 spiro atoms. The van der Waals surface area contributed by atoms with Crippen LogP contribution in [-0.2, 0) is 32.7 Å². The minimum atomic E-state index is -4.36. The number of phosphoric ester groups is 1. The van der Waals surface area contributed by atoms with E-state index in [9.17, 15) is 19.0 Å². The fourth-order valence-electron chi connectivity index (χ4n) is 6.19. The van der Waals surface area contributed by atoms with Crippen molar-refractivity contribution in [3.05, 3.63) is 0 Å². The van der Waals surface area contributed by atoms with Gasteiger partial charge in [0.15, 0.2) is 6.10 Å². The van der Waals surface area contributed by atoms with Gasteiger partial charge in [0, 0.05) is 12.8 Å². The molecular formula is C42H85NO8P+. The number of nitrogens with zero attached hydrogens (tertiary/aromatic N) is 1. The number of unbranched alkanes of at least 4 members (excludes halogenated alkanes) is 26. The van der Waals surface area contributed by atoms with Gasteiger partial charge >= 0.3 is 19.8 Å². The Morgan fingerprint density at radius 2 is 0.865 bits per heavy atom. The van der Waals surface area contributed by atoms with E-state index in [-0.39, 0.29) is 25.6 Å². The van der Waals surface area contributed by atoms with Gasteiger partial charge in [0.2, 0.25) is 0 Å². The number of likely N-dealkylation sites (N-methyl/N-ethyl adjacent to an activating group) is 1. The van der Waals surface area contributed by atoms with Crippen LogP contribution in [0.25, 0.3) is 0 Å². The molecule has 1 N–H and O–H groups in total. The average Bonchev–Trinajstić information content (AvgIpc) is 3.09. The first kappa shape index (κ1) is 51.0. The number of carbonyl (C=O) groups excluding carboxylic acids is 2. The molecule has 0 saturated carbocycles. The van der Waals surface area contributed by atoms with E-state index in [0.717, 1.165) is 32.1 Å². The van der Waals surface area contributed by atoms with Gasteiger partial charge in [-0.25, -0.2) is 4.57 Å². The summed E-state index contributed by atoms with van der Waals surface area (Å²) in [5, 5.41) is 0. The Morgan fingerprint density at radius 3 is 1.23 bits per heavy atom. The van der Waals surface area contributed by atoms with Crippen LogP contribution < -0.4 is 0 Å². The van der Waals surface area contributed by atoms with E-state index in [1.807, 2.05) is 21.1 Å². The molecule has 0 aromatic heterocycles. The number of hydrogen-bond donors (Lipinski definition) is 1. The second-order valence-corrected chi connectivity index (χ2v) is 17.6. The molecule has 0 aliphatic heterocycles. The zero-order chi connectivity index (χ0) is 38.6. The predicted molar refractivity (Wildman–Crippen MR) is 215 cm³/mol. The second kappa shape index (κ2) is 35.7. The molecule has 0 aromatic rings. The lowest BCUT2D eigenvalue weighted by Crippen LogP contribution is -2.37. The highest BCUT2D eigenvalue weighted by atomic mass is 31.2. The Balaban J connectivity index is 4.28. The van der Waals surface area contributed by atoms with Crippen molar-refractivity contribution in [2.24, 2.45) is 0 Å². The first-order valence-corrected chi connectivity index (χ1v) is 23.3. The van der Waals surface area contributed by atoms with Crippen LogP contribution in [0.3, 0.4) is 0 Å². The molecule has 310 valence electrons. The van der Waals surface area contributed by atoms with Crippen molar-refractivity contribution in [3.63, 3.8) is 0 Å². The molecule has 0 aliphatic carbocycles. The number of rotatable bonds is 40. The molecule has 1 unspecified atom stereocenters. The van der Waals surface area contributed by atoms with Crippen molar-refractivity contribution >= 4 is 19.8 Å². The topological polar surface area (TPSA) is 108 Å². The first-order valence-electron chi connectivity index (χ1n) is 21.8. The Bertz CT molecular complexity index is 865. The van der Waals surface area contributed by atoms with Gasteiger partial charge in [0.1, 0.15) is 19.8 Å². The van der Waals surface area contributed by atoms with Crippen LogP contribution in [0.15, 0.2) is 0 Å². The number of ether oxygens (including phenoxy) is 2. The van der Waals surface area contributed by atoms with E-state index >= 15 is 0 Å². The molecular weight excluding hydrogens is 677 g/mol. The lowest BCUT2D eigenvalue weighted by Gasteiger charge is -2.24. The third kappa shape index (κ3) is 38.7. The minimum absolute atomic E-state index is 0.0366. The molecule has 0 aliphatic rings. The van der Waals surface area contributed by atoms with Crippen molar-refractivity contribution in [1.82, 2.24) is 0 Å². The van der Waals surface area contributed by atoms with E-state index in [1.54, 1.807) is 0 Å². The summed E-state index contributed by atoms with van der Waals surface area (Å²) in [4.78, 5) is 35.3. The zero-order valence-electron chi connectivity index (χ0n) is 34.8. The van der Waals surface area contributed by atoms with Gasteiger partial charge in [-0.1, -0.05) is 181 Å². The Hall–Kier alpha value is -0.990. The maximum atomic E-state index is 12.6. The lowest BCUT2D eigenvalue weighted by molar-refractivity contribution is -0.870. The highest BCUT2D eigenvalue weighted by molar-refractivity contribution is 7.47. The van der Waals surface area contributed by atoms with E-state index in [2.05, 4.69) is 13.8 Å². The van der Waals surface area contributed by atoms with E-state index in [4.69, 9.17) is 18.5 Å².